The molecule has 0 bridgehead atoms. The number of hydrogen-bond donors (Lipinski definition) is 0. The van der Waals surface area contributed by atoms with Crippen LogP contribution in [-0.2, 0) is 4.74 Å². The Morgan fingerprint density at radius 2 is 2.12 bits per heavy atom. The predicted molar refractivity (Wildman–Crippen MR) is 110 cm³/mol. The summed E-state index contributed by atoms with van der Waals surface area (Å²) in [5.74, 6) is 0.724. The van der Waals surface area contributed by atoms with E-state index in [1.165, 1.54) is 31.2 Å². The molecule has 1 aliphatic heterocycles. The zero-order valence-corrected chi connectivity index (χ0v) is 16.5. The number of halogens is 1. The van der Waals surface area contributed by atoms with Crippen LogP contribution in [0.3, 0.4) is 0 Å². The van der Waals surface area contributed by atoms with Crippen LogP contribution in [0.5, 0.6) is 0 Å². The Kier molecular flexibility index (Phi) is 6.93. The normalized spacial score (nSPS) is 19.8. The first kappa shape index (κ1) is 19.2. The van der Waals surface area contributed by atoms with Crippen molar-refractivity contribution in [3.63, 3.8) is 0 Å². The molecule has 2 unspecified atom stereocenters. The van der Waals surface area contributed by atoms with Gasteiger partial charge in [-0.25, -0.2) is 0 Å². The van der Waals surface area contributed by atoms with Gasteiger partial charge in [-0.2, -0.15) is 4.99 Å². The van der Waals surface area contributed by atoms with E-state index in [1.807, 2.05) is 0 Å². The van der Waals surface area contributed by atoms with Crippen LogP contribution in [0.25, 0.3) is 11.3 Å². The van der Waals surface area contributed by atoms with Gasteiger partial charge < -0.3 is 4.74 Å². The lowest BCUT2D eigenvalue weighted by Gasteiger charge is -2.29. The van der Waals surface area contributed by atoms with E-state index in [0.29, 0.717) is 10.7 Å². The van der Waals surface area contributed by atoms with E-state index in [1.54, 1.807) is 12.3 Å². The van der Waals surface area contributed by atoms with Crippen molar-refractivity contribution in [3.05, 3.63) is 47.1 Å². The zero-order chi connectivity index (χ0) is 18.4. The first-order valence-corrected chi connectivity index (χ1v) is 9.95. The van der Waals surface area contributed by atoms with Crippen LogP contribution < -0.4 is 0 Å². The summed E-state index contributed by atoms with van der Waals surface area (Å²) in [7, 11) is 0. The molecule has 0 amide bonds. The van der Waals surface area contributed by atoms with Crippen molar-refractivity contribution >= 4 is 34.7 Å². The topological polar surface area (TPSA) is 34.5 Å². The van der Waals surface area contributed by atoms with Crippen LogP contribution in [-0.4, -0.2) is 16.8 Å². The molecule has 5 heteroatoms. The van der Waals surface area contributed by atoms with Crippen molar-refractivity contribution in [1.82, 2.24) is 4.98 Å². The number of aliphatic imine (C=N–C) groups is 1. The summed E-state index contributed by atoms with van der Waals surface area (Å²) in [6.07, 6.45) is 8.04. The van der Waals surface area contributed by atoms with Gasteiger partial charge in [0.05, 0.1) is 40.5 Å². The summed E-state index contributed by atoms with van der Waals surface area (Å²) >= 11 is 10.9. The van der Waals surface area contributed by atoms with E-state index in [2.05, 4.69) is 58.5 Å². The quantitative estimate of drug-likeness (QED) is 0.404. The van der Waals surface area contributed by atoms with Crippen LogP contribution >= 0.6 is 23.8 Å². The monoisotopic (exact) mass is 386 g/mol. The van der Waals surface area contributed by atoms with Crippen LogP contribution in [0, 0.1) is 5.92 Å². The van der Waals surface area contributed by atoms with Gasteiger partial charge >= 0.3 is 0 Å². The molecule has 0 saturated carbocycles. The molecule has 0 N–H and O–H groups in total. The second-order valence-corrected chi connectivity index (χ2v) is 7.35. The minimum atomic E-state index is 0.199. The molecule has 0 spiro atoms. The third-order valence-electron chi connectivity index (χ3n) is 4.89. The minimum Gasteiger partial charge on any atom is -0.373 e. The fourth-order valence-corrected chi connectivity index (χ4v) is 3.77. The lowest BCUT2D eigenvalue weighted by Crippen LogP contribution is -2.20. The van der Waals surface area contributed by atoms with Gasteiger partial charge in [0.1, 0.15) is 0 Å². The molecule has 2 atom stereocenters. The Hall–Kier alpha value is -1.58. The average Bonchev–Trinajstić information content (AvgIpc) is 2.67. The molecule has 1 aromatic heterocycles. The van der Waals surface area contributed by atoms with Crippen LogP contribution in [0.1, 0.15) is 50.7 Å². The van der Waals surface area contributed by atoms with E-state index in [9.17, 15) is 0 Å². The van der Waals surface area contributed by atoms with Gasteiger partial charge in [0.15, 0.2) is 0 Å². The number of benzene rings is 1. The first-order valence-electron chi connectivity index (χ1n) is 9.16. The summed E-state index contributed by atoms with van der Waals surface area (Å²) in [5.41, 5.74) is 3.55. The number of hydrogen-bond acceptors (Lipinski definition) is 4. The first-order chi connectivity index (χ1) is 12.7. The van der Waals surface area contributed by atoms with Crippen LogP contribution in [0.15, 0.2) is 41.5 Å². The highest BCUT2D eigenvalue weighted by Crippen LogP contribution is 2.34. The predicted octanol–water partition coefficient (Wildman–Crippen LogP) is 6.79. The van der Waals surface area contributed by atoms with Gasteiger partial charge in [-0.3, -0.25) is 4.98 Å². The fourth-order valence-electron chi connectivity index (χ4n) is 3.40. The Labute approximate surface area is 165 Å². The van der Waals surface area contributed by atoms with Crippen molar-refractivity contribution in [3.8, 4) is 11.3 Å². The average molecular weight is 387 g/mol. The lowest BCUT2D eigenvalue weighted by atomic mass is 9.91. The molecule has 3 nitrogen and oxygen atoms in total. The Morgan fingerprint density at radius 1 is 1.31 bits per heavy atom. The molecule has 1 aromatic carbocycles. The van der Waals surface area contributed by atoms with Crippen molar-refractivity contribution in [2.75, 3.05) is 6.61 Å². The Morgan fingerprint density at radius 3 is 2.73 bits per heavy atom. The zero-order valence-electron chi connectivity index (χ0n) is 15.0. The SMILES string of the molecule is CCCCC1CCC(c2ccc(-c3ncc(N=C=S)cc3Cl)cc2)OC1. The standard InChI is InChI=1S/C21H23ClN2OS/c1-2-3-4-15-5-10-20(25-13-15)16-6-8-17(9-7-16)21-19(22)11-18(12-23-21)24-14-26/h6-9,11-12,15,20H,2-5,10,13H2,1H3. The Bertz CT molecular complexity index is 779. The van der Waals surface area contributed by atoms with Crippen molar-refractivity contribution in [2.45, 2.75) is 45.1 Å². The minimum absolute atomic E-state index is 0.199. The lowest BCUT2D eigenvalue weighted by molar-refractivity contribution is -0.0197. The summed E-state index contributed by atoms with van der Waals surface area (Å²) in [4.78, 5) is 8.31. The highest BCUT2D eigenvalue weighted by atomic mass is 35.5. The Balaban J connectivity index is 1.67. The molecule has 1 saturated heterocycles. The van der Waals surface area contributed by atoms with E-state index in [0.717, 1.165) is 30.2 Å². The van der Waals surface area contributed by atoms with E-state index in [-0.39, 0.29) is 6.10 Å². The van der Waals surface area contributed by atoms with E-state index in [4.69, 9.17) is 16.3 Å². The molecule has 3 rings (SSSR count). The summed E-state index contributed by atoms with van der Waals surface area (Å²) < 4.78 is 6.11. The van der Waals surface area contributed by atoms with Gasteiger partial charge in [0, 0.05) is 5.56 Å². The highest BCUT2D eigenvalue weighted by molar-refractivity contribution is 7.78. The summed E-state index contributed by atoms with van der Waals surface area (Å²) in [6, 6.07) is 10.1. The third kappa shape index (κ3) is 4.77. The summed E-state index contributed by atoms with van der Waals surface area (Å²) in [6.45, 7) is 3.12. The van der Waals surface area contributed by atoms with E-state index < -0.39 is 0 Å². The van der Waals surface area contributed by atoms with Crippen LogP contribution in [0.2, 0.25) is 5.02 Å². The van der Waals surface area contributed by atoms with Crippen LogP contribution in [0.4, 0.5) is 5.69 Å². The fraction of sp³-hybridized carbons (Fsp3) is 0.429. The maximum Gasteiger partial charge on any atom is 0.0937 e. The second-order valence-electron chi connectivity index (χ2n) is 6.76. The number of rotatable bonds is 6. The third-order valence-corrected chi connectivity index (χ3v) is 5.27. The van der Waals surface area contributed by atoms with Crippen molar-refractivity contribution in [1.29, 1.82) is 0 Å². The molecular formula is C21H23ClN2OS. The molecule has 136 valence electrons. The molecule has 1 aliphatic rings. The maximum atomic E-state index is 6.34. The smallest absolute Gasteiger partial charge is 0.0937 e. The number of ether oxygens (including phenoxy) is 1. The van der Waals surface area contributed by atoms with Crippen molar-refractivity contribution in [2.24, 2.45) is 10.9 Å². The summed E-state index contributed by atoms with van der Waals surface area (Å²) in [5, 5.41) is 2.88. The van der Waals surface area contributed by atoms with E-state index >= 15 is 0 Å². The number of isothiocyanates is 1. The van der Waals surface area contributed by atoms with Gasteiger partial charge in [0.25, 0.3) is 0 Å². The number of thiocarbonyl (C=S) groups is 1. The number of nitrogens with zero attached hydrogens (tertiary/aromatic N) is 2. The number of aromatic nitrogens is 1. The largest absolute Gasteiger partial charge is 0.373 e. The van der Waals surface area contributed by atoms with Crippen molar-refractivity contribution < 1.29 is 4.74 Å². The second kappa shape index (κ2) is 9.38. The molecule has 0 aliphatic carbocycles. The maximum absolute atomic E-state index is 6.34. The van der Waals surface area contributed by atoms with Gasteiger partial charge in [-0.1, -0.05) is 55.6 Å². The molecule has 1 fully saturated rings. The molecule has 26 heavy (non-hydrogen) atoms. The number of unbranched alkanes of at least 4 members (excludes halogenated alkanes) is 1. The van der Waals surface area contributed by atoms with Gasteiger partial charge in [-0.15, -0.1) is 0 Å². The molecule has 2 heterocycles. The number of pyridine rings is 1. The highest BCUT2D eigenvalue weighted by Gasteiger charge is 2.22. The van der Waals surface area contributed by atoms with Gasteiger partial charge in [-0.05, 0) is 49.0 Å². The molecular weight excluding hydrogens is 364 g/mol. The van der Waals surface area contributed by atoms with Gasteiger partial charge in [0.2, 0.25) is 0 Å². The molecule has 2 aromatic rings. The molecule has 0 radical (unpaired) electrons.